The number of halogens is 3. The van der Waals surface area contributed by atoms with Crippen LogP contribution in [0.4, 0.5) is 13.2 Å². The Hall–Kier alpha value is -2.01. The van der Waals surface area contributed by atoms with Crippen molar-refractivity contribution in [3.8, 4) is 5.75 Å². The van der Waals surface area contributed by atoms with Crippen molar-refractivity contribution >= 4 is 0 Å². The van der Waals surface area contributed by atoms with Crippen molar-refractivity contribution in [2.75, 3.05) is 13.1 Å². The van der Waals surface area contributed by atoms with Crippen molar-refractivity contribution in [1.29, 1.82) is 0 Å². The van der Waals surface area contributed by atoms with E-state index < -0.39 is 5.92 Å². The first kappa shape index (κ1) is 15.9. The molecule has 23 heavy (non-hydrogen) atoms. The van der Waals surface area contributed by atoms with Crippen LogP contribution >= 0.6 is 0 Å². The van der Waals surface area contributed by atoms with Crippen LogP contribution in [0.5, 0.6) is 5.75 Å². The third-order valence-corrected chi connectivity index (χ3v) is 3.87. The van der Waals surface area contributed by atoms with Gasteiger partial charge in [0.15, 0.2) is 0 Å². The van der Waals surface area contributed by atoms with Crippen molar-refractivity contribution in [2.45, 2.75) is 25.5 Å². The lowest BCUT2D eigenvalue weighted by Gasteiger charge is -2.15. The predicted octanol–water partition coefficient (Wildman–Crippen LogP) is 4.25. The second-order valence-corrected chi connectivity index (χ2v) is 5.88. The van der Waals surface area contributed by atoms with E-state index in [0.29, 0.717) is 18.8 Å². The summed E-state index contributed by atoms with van der Waals surface area (Å²) < 4.78 is 45.0. The summed E-state index contributed by atoms with van der Waals surface area (Å²) in [4.78, 5) is 1.75. The molecule has 2 nitrogen and oxygen atoms in total. The van der Waals surface area contributed by atoms with E-state index in [0.717, 1.165) is 11.1 Å². The summed E-state index contributed by atoms with van der Waals surface area (Å²) in [6, 6.07) is 13.6. The molecule has 1 aliphatic heterocycles. The molecule has 3 rings (SSSR count). The molecule has 5 heteroatoms. The number of alkyl halides is 2. The molecule has 1 fully saturated rings. The topological polar surface area (TPSA) is 12.5 Å². The van der Waals surface area contributed by atoms with Crippen molar-refractivity contribution in [2.24, 2.45) is 0 Å². The summed E-state index contributed by atoms with van der Waals surface area (Å²) in [6.45, 7) is 1.05. The molecule has 0 aliphatic carbocycles. The summed E-state index contributed by atoms with van der Waals surface area (Å²) in [5.74, 6) is -2.18. The third kappa shape index (κ3) is 4.48. The zero-order valence-corrected chi connectivity index (χ0v) is 12.6. The highest BCUT2D eigenvalue weighted by atomic mass is 19.3. The van der Waals surface area contributed by atoms with E-state index in [-0.39, 0.29) is 25.4 Å². The van der Waals surface area contributed by atoms with Gasteiger partial charge in [-0.2, -0.15) is 0 Å². The number of hydrogen-bond acceptors (Lipinski definition) is 2. The Labute approximate surface area is 133 Å². The monoisotopic (exact) mass is 321 g/mol. The highest BCUT2D eigenvalue weighted by molar-refractivity contribution is 5.28. The van der Waals surface area contributed by atoms with E-state index in [1.807, 2.05) is 24.3 Å². The van der Waals surface area contributed by atoms with Gasteiger partial charge in [0.05, 0.1) is 6.54 Å². The van der Waals surface area contributed by atoms with Crippen molar-refractivity contribution in [3.63, 3.8) is 0 Å². The molecule has 0 N–H and O–H groups in total. The molecule has 2 aromatic carbocycles. The van der Waals surface area contributed by atoms with Crippen LogP contribution in [0.15, 0.2) is 48.5 Å². The Morgan fingerprint density at radius 2 is 1.83 bits per heavy atom. The zero-order chi connectivity index (χ0) is 16.3. The fraction of sp³-hybridized carbons (Fsp3) is 0.333. The Kier molecular flexibility index (Phi) is 4.57. The Morgan fingerprint density at radius 3 is 2.48 bits per heavy atom. The lowest BCUT2D eigenvalue weighted by molar-refractivity contribution is 0.0115. The van der Waals surface area contributed by atoms with Gasteiger partial charge in [-0.05, 0) is 35.4 Å². The number of likely N-dealkylation sites (tertiary alicyclic amines) is 1. The van der Waals surface area contributed by atoms with E-state index >= 15 is 0 Å². The van der Waals surface area contributed by atoms with E-state index in [1.54, 1.807) is 17.0 Å². The van der Waals surface area contributed by atoms with Gasteiger partial charge in [-0.1, -0.05) is 24.3 Å². The molecule has 1 saturated heterocycles. The summed E-state index contributed by atoms with van der Waals surface area (Å²) in [6.07, 6.45) is -0.0676. The first-order chi connectivity index (χ1) is 11.0. The van der Waals surface area contributed by atoms with Crippen LogP contribution < -0.4 is 4.74 Å². The lowest BCUT2D eigenvalue weighted by atomic mass is 10.2. The molecule has 0 bridgehead atoms. The minimum absolute atomic E-state index is 0.0676. The number of nitrogens with zero attached hydrogens (tertiary/aromatic N) is 1. The second-order valence-electron chi connectivity index (χ2n) is 5.88. The van der Waals surface area contributed by atoms with Crippen molar-refractivity contribution in [3.05, 3.63) is 65.5 Å². The minimum atomic E-state index is -2.56. The van der Waals surface area contributed by atoms with Crippen LogP contribution in [0.3, 0.4) is 0 Å². The molecular weight excluding hydrogens is 303 g/mol. The molecule has 0 spiro atoms. The van der Waals surface area contributed by atoms with Crippen LogP contribution in [-0.2, 0) is 13.2 Å². The minimum Gasteiger partial charge on any atom is -0.489 e. The van der Waals surface area contributed by atoms with Crippen molar-refractivity contribution < 1.29 is 17.9 Å². The number of rotatable bonds is 5. The summed E-state index contributed by atoms with van der Waals surface area (Å²) in [5.41, 5.74) is 1.73. The molecule has 2 aromatic rings. The maximum atomic E-state index is 13.2. The first-order valence-corrected chi connectivity index (χ1v) is 7.57. The highest BCUT2D eigenvalue weighted by Gasteiger charge is 2.37. The van der Waals surface area contributed by atoms with E-state index in [4.69, 9.17) is 4.74 Å². The molecule has 122 valence electrons. The van der Waals surface area contributed by atoms with E-state index in [9.17, 15) is 13.2 Å². The van der Waals surface area contributed by atoms with Crippen molar-refractivity contribution in [1.82, 2.24) is 4.90 Å². The van der Waals surface area contributed by atoms with Gasteiger partial charge in [0.1, 0.15) is 18.2 Å². The molecule has 0 saturated carbocycles. The van der Waals surface area contributed by atoms with Gasteiger partial charge >= 0.3 is 0 Å². The SMILES string of the molecule is Fc1cccc(COc2ccc(CN3CCC(F)(F)C3)cc2)c1. The standard InChI is InChI=1S/C18H18F3NO/c19-16-3-1-2-15(10-16)12-23-17-6-4-14(5-7-17)11-22-9-8-18(20,21)13-22/h1-7,10H,8-9,11-13H2. The van der Waals surface area contributed by atoms with Gasteiger partial charge in [-0.3, -0.25) is 4.90 Å². The summed E-state index contributed by atoms with van der Waals surface area (Å²) in [5, 5.41) is 0. The van der Waals surface area contributed by atoms with Crippen LogP contribution in [0, 0.1) is 5.82 Å². The molecule has 0 unspecified atom stereocenters. The fourth-order valence-corrected chi connectivity index (χ4v) is 2.68. The number of hydrogen-bond donors (Lipinski definition) is 0. The van der Waals surface area contributed by atoms with E-state index in [1.165, 1.54) is 12.1 Å². The molecule has 1 aliphatic rings. The Morgan fingerprint density at radius 1 is 1.04 bits per heavy atom. The predicted molar refractivity (Wildman–Crippen MR) is 82.0 cm³/mol. The quantitative estimate of drug-likeness (QED) is 0.816. The van der Waals surface area contributed by atoms with Crippen LogP contribution in [0.1, 0.15) is 17.5 Å². The molecule has 0 aromatic heterocycles. The molecule has 0 atom stereocenters. The molecule has 0 radical (unpaired) electrons. The largest absolute Gasteiger partial charge is 0.489 e. The normalized spacial score (nSPS) is 17.3. The van der Waals surface area contributed by atoms with Crippen LogP contribution in [0.25, 0.3) is 0 Å². The lowest BCUT2D eigenvalue weighted by Crippen LogP contribution is -2.24. The maximum Gasteiger partial charge on any atom is 0.261 e. The summed E-state index contributed by atoms with van der Waals surface area (Å²) in [7, 11) is 0. The fourth-order valence-electron chi connectivity index (χ4n) is 2.68. The average Bonchev–Trinajstić information content (AvgIpc) is 2.85. The van der Waals surface area contributed by atoms with Gasteiger partial charge in [0.2, 0.25) is 0 Å². The zero-order valence-electron chi connectivity index (χ0n) is 12.6. The number of ether oxygens (including phenoxy) is 1. The van der Waals surface area contributed by atoms with Crippen LogP contribution in [0.2, 0.25) is 0 Å². The van der Waals surface area contributed by atoms with Gasteiger partial charge < -0.3 is 4.74 Å². The Bertz CT molecular complexity index is 658. The van der Waals surface area contributed by atoms with Gasteiger partial charge in [0.25, 0.3) is 5.92 Å². The van der Waals surface area contributed by atoms with Gasteiger partial charge in [0, 0.05) is 19.5 Å². The molecule has 1 heterocycles. The molecular formula is C18H18F3NO. The summed E-state index contributed by atoms with van der Waals surface area (Å²) >= 11 is 0. The first-order valence-electron chi connectivity index (χ1n) is 7.57. The average molecular weight is 321 g/mol. The number of benzene rings is 2. The Balaban J connectivity index is 1.53. The van der Waals surface area contributed by atoms with Crippen LogP contribution in [-0.4, -0.2) is 23.9 Å². The van der Waals surface area contributed by atoms with E-state index in [2.05, 4.69) is 0 Å². The highest BCUT2D eigenvalue weighted by Crippen LogP contribution is 2.28. The van der Waals surface area contributed by atoms with Gasteiger partial charge in [-0.25, -0.2) is 13.2 Å². The third-order valence-electron chi connectivity index (χ3n) is 3.87. The maximum absolute atomic E-state index is 13.2. The second kappa shape index (κ2) is 6.62. The smallest absolute Gasteiger partial charge is 0.261 e. The van der Waals surface area contributed by atoms with Gasteiger partial charge in [-0.15, -0.1) is 0 Å². The molecule has 0 amide bonds.